The zero-order valence-electron chi connectivity index (χ0n) is 17.4. The predicted molar refractivity (Wildman–Crippen MR) is 112 cm³/mol. The van der Waals surface area contributed by atoms with E-state index in [-0.39, 0.29) is 12.3 Å². The molecule has 0 fully saturated rings. The van der Waals surface area contributed by atoms with Gasteiger partial charge in [-0.3, -0.25) is 0 Å². The van der Waals surface area contributed by atoms with Gasteiger partial charge in [0, 0.05) is 38.0 Å². The normalized spacial score (nSPS) is 14.3. The first-order valence-corrected chi connectivity index (χ1v) is 10.6. The SMILES string of the molecule is CCNC(=NCc1ccccc1OC(F)F)NCCCc1nnc2n1CCCCC2. The van der Waals surface area contributed by atoms with Crippen LogP contribution >= 0.6 is 0 Å². The van der Waals surface area contributed by atoms with Crippen LogP contribution in [0.25, 0.3) is 0 Å². The third-order valence-electron chi connectivity index (χ3n) is 5.00. The van der Waals surface area contributed by atoms with E-state index in [0.717, 1.165) is 44.0 Å². The smallest absolute Gasteiger partial charge is 0.387 e. The minimum Gasteiger partial charge on any atom is -0.434 e. The second-order valence-electron chi connectivity index (χ2n) is 7.21. The Hall–Kier alpha value is -2.71. The molecule has 30 heavy (non-hydrogen) atoms. The number of hydrogen-bond acceptors (Lipinski definition) is 4. The van der Waals surface area contributed by atoms with Gasteiger partial charge in [-0.15, -0.1) is 10.2 Å². The van der Waals surface area contributed by atoms with Crippen molar-refractivity contribution in [3.8, 4) is 5.75 Å². The van der Waals surface area contributed by atoms with Crippen LogP contribution < -0.4 is 15.4 Å². The Morgan fingerprint density at radius 2 is 2.07 bits per heavy atom. The van der Waals surface area contributed by atoms with Crippen LogP contribution in [-0.2, 0) is 25.9 Å². The summed E-state index contributed by atoms with van der Waals surface area (Å²) in [6.45, 7) is 1.82. The third-order valence-corrected chi connectivity index (χ3v) is 5.00. The summed E-state index contributed by atoms with van der Waals surface area (Å²) in [5.74, 6) is 2.95. The Labute approximate surface area is 175 Å². The van der Waals surface area contributed by atoms with Crippen LogP contribution in [0.2, 0.25) is 0 Å². The van der Waals surface area contributed by atoms with Crippen molar-refractivity contribution in [2.75, 3.05) is 13.1 Å². The number of ether oxygens (including phenoxy) is 1. The molecule has 164 valence electrons. The van der Waals surface area contributed by atoms with Crippen LogP contribution in [-0.4, -0.2) is 40.4 Å². The summed E-state index contributed by atoms with van der Waals surface area (Å²) in [7, 11) is 0. The number of alkyl halides is 2. The number of rotatable bonds is 9. The molecule has 7 nitrogen and oxygen atoms in total. The zero-order valence-corrected chi connectivity index (χ0v) is 17.4. The molecule has 2 N–H and O–H groups in total. The fraction of sp³-hybridized carbons (Fsp3) is 0.571. The van der Waals surface area contributed by atoms with Gasteiger partial charge in [-0.1, -0.05) is 24.6 Å². The highest BCUT2D eigenvalue weighted by Gasteiger charge is 2.14. The Kier molecular flexibility index (Phi) is 8.41. The summed E-state index contributed by atoms with van der Waals surface area (Å²) in [6, 6.07) is 6.71. The lowest BCUT2D eigenvalue weighted by molar-refractivity contribution is -0.0504. The van der Waals surface area contributed by atoms with Crippen LogP contribution in [0.1, 0.15) is 49.8 Å². The second kappa shape index (κ2) is 11.5. The number of aryl methyl sites for hydroxylation is 2. The molecule has 0 saturated carbocycles. The van der Waals surface area contributed by atoms with Crippen molar-refractivity contribution in [1.82, 2.24) is 25.4 Å². The minimum absolute atomic E-state index is 0.152. The number of aromatic nitrogens is 3. The van der Waals surface area contributed by atoms with Crippen LogP contribution in [0.3, 0.4) is 0 Å². The van der Waals surface area contributed by atoms with Crippen LogP contribution in [0, 0.1) is 0 Å². The molecule has 0 aliphatic carbocycles. The molecule has 2 heterocycles. The Morgan fingerprint density at radius 1 is 1.20 bits per heavy atom. The van der Waals surface area contributed by atoms with Gasteiger partial charge in [0.25, 0.3) is 0 Å². The minimum atomic E-state index is -2.85. The number of fused-ring (bicyclic) bond motifs is 1. The first-order chi connectivity index (χ1) is 14.7. The zero-order chi connectivity index (χ0) is 21.2. The molecule has 0 unspecified atom stereocenters. The third kappa shape index (κ3) is 6.40. The fourth-order valence-corrected chi connectivity index (χ4v) is 3.53. The fourth-order valence-electron chi connectivity index (χ4n) is 3.53. The van der Waals surface area contributed by atoms with E-state index in [2.05, 4.69) is 35.1 Å². The molecule has 0 bridgehead atoms. The first-order valence-electron chi connectivity index (χ1n) is 10.6. The summed E-state index contributed by atoms with van der Waals surface area (Å²) in [5.41, 5.74) is 0.612. The number of nitrogens with one attached hydrogen (secondary N) is 2. The molecule has 0 radical (unpaired) electrons. The van der Waals surface area contributed by atoms with Crippen molar-refractivity contribution in [1.29, 1.82) is 0 Å². The topological polar surface area (TPSA) is 76.4 Å². The molecule has 1 aromatic carbocycles. The van der Waals surface area contributed by atoms with Gasteiger partial charge in [-0.25, -0.2) is 4.99 Å². The molecule has 3 rings (SSSR count). The van der Waals surface area contributed by atoms with E-state index < -0.39 is 6.61 Å². The van der Waals surface area contributed by atoms with Gasteiger partial charge in [-0.2, -0.15) is 8.78 Å². The number of hydrogen-bond donors (Lipinski definition) is 2. The molecule has 1 aliphatic rings. The Bertz CT molecular complexity index is 824. The maximum atomic E-state index is 12.6. The van der Waals surface area contributed by atoms with Crippen molar-refractivity contribution in [3.63, 3.8) is 0 Å². The summed E-state index contributed by atoms with van der Waals surface area (Å²) in [6.07, 6.45) is 6.38. The maximum Gasteiger partial charge on any atom is 0.387 e. The number of halogens is 2. The van der Waals surface area contributed by atoms with Gasteiger partial charge in [0.2, 0.25) is 0 Å². The molecule has 1 aromatic heterocycles. The summed E-state index contributed by atoms with van der Waals surface area (Å²) in [5, 5.41) is 15.2. The van der Waals surface area contributed by atoms with Crippen molar-refractivity contribution < 1.29 is 13.5 Å². The van der Waals surface area contributed by atoms with Crippen molar-refractivity contribution in [2.45, 2.75) is 65.1 Å². The van der Waals surface area contributed by atoms with E-state index in [0.29, 0.717) is 18.1 Å². The van der Waals surface area contributed by atoms with Crippen LogP contribution in [0.15, 0.2) is 29.3 Å². The van der Waals surface area contributed by atoms with Gasteiger partial charge in [-0.05, 0) is 32.3 Å². The lowest BCUT2D eigenvalue weighted by Gasteiger charge is -2.13. The average Bonchev–Trinajstić information content (AvgIpc) is 2.95. The molecule has 0 amide bonds. The molecule has 0 spiro atoms. The molecular formula is C21H30F2N6O. The van der Waals surface area contributed by atoms with E-state index in [1.807, 2.05) is 6.92 Å². The maximum absolute atomic E-state index is 12.6. The average molecular weight is 421 g/mol. The predicted octanol–water partition coefficient (Wildman–Crippen LogP) is 3.29. The van der Waals surface area contributed by atoms with E-state index in [9.17, 15) is 8.78 Å². The first kappa shape index (κ1) is 22.0. The van der Waals surface area contributed by atoms with Crippen molar-refractivity contribution >= 4 is 5.96 Å². The Morgan fingerprint density at radius 3 is 2.90 bits per heavy atom. The molecular weight excluding hydrogens is 390 g/mol. The molecule has 2 aromatic rings. The monoisotopic (exact) mass is 420 g/mol. The highest BCUT2D eigenvalue weighted by Crippen LogP contribution is 2.21. The largest absolute Gasteiger partial charge is 0.434 e. The van der Waals surface area contributed by atoms with Gasteiger partial charge in [0.1, 0.15) is 17.4 Å². The van der Waals surface area contributed by atoms with Crippen LogP contribution in [0.5, 0.6) is 5.75 Å². The van der Waals surface area contributed by atoms with E-state index in [1.54, 1.807) is 18.2 Å². The van der Waals surface area contributed by atoms with Crippen molar-refractivity contribution in [2.24, 2.45) is 4.99 Å². The quantitative estimate of drug-likeness (QED) is 0.370. The van der Waals surface area contributed by atoms with Crippen LogP contribution in [0.4, 0.5) is 8.78 Å². The molecule has 0 atom stereocenters. The number of guanidine groups is 1. The molecule has 0 saturated heterocycles. The lowest BCUT2D eigenvalue weighted by Crippen LogP contribution is -2.38. The summed E-state index contributed by atoms with van der Waals surface area (Å²) >= 11 is 0. The van der Waals surface area contributed by atoms with E-state index >= 15 is 0 Å². The van der Waals surface area contributed by atoms with E-state index in [1.165, 1.54) is 25.3 Å². The standard InChI is InChI=1S/C21H30F2N6O/c1-2-24-21(26-15-16-9-5-6-10-17(16)30-20(22)23)25-13-8-12-19-28-27-18-11-4-3-7-14-29(18)19/h5-6,9-10,20H,2-4,7-8,11-15H2,1H3,(H2,24,25,26). The highest BCUT2D eigenvalue weighted by atomic mass is 19.3. The van der Waals surface area contributed by atoms with Gasteiger partial charge >= 0.3 is 6.61 Å². The summed E-state index contributed by atoms with van der Waals surface area (Å²) in [4.78, 5) is 4.51. The van der Waals surface area contributed by atoms with Gasteiger partial charge < -0.3 is 19.9 Å². The van der Waals surface area contributed by atoms with Gasteiger partial charge in [0.15, 0.2) is 5.96 Å². The summed E-state index contributed by atoms with van der Waals surface area (Å²) < 4.78 is 32.0. The Balaban J connectivity index is 1.52. The molecule has 1 aliphatic heterocycles. The van der Waals surface area contributed by atoms with Crippen molar-refractivity contribution in [3.05, 3.63) is 41.5 Å². The second-order valence-corrected chi connectivity index (χ2v) is 7.21. The number of para-hydroxylation sites is 1. The lowest BCUT2D eigenvalue weighted by atomic mass is 10.2. The number of nitrogens with zero attached hydrogens (tertiary/aromatic N) is 4. The number of benzene rings is 1. The van der Waals surface area contributed by atoms with Gasteiger partial charge in [0.05, 0.1) is 6.54 Å². The number of aliphatic imine (C=N–C) groups is 1. The highest BCUT2D eigenvalue weighted by molar-refractivity contribution is 5.79. The van der Waals surface area contributed by atoms with E-state index in [4.69, 9.17) is 0 Å². The molecule has 9 heteroatoms.